The van der Waals surface area contributed by atoms with Gasteiger partial charge in [-0.05, 0) is 25.3 Å². The van der Waals surface area contributed by atoms with Gasteiger partial charge in [0.2, 0.25) is 5.91 Å². The molecule has 0 aliphatic heterocycles. The van der Waals surface area contributed by atoms with Gasteiger partial charge in [0.25, 0.3) is 0 Å². The smallest absolute Gasteiger partial charge is 0.307 e. The molecule has 23 heavy (non-hydrogen) atoms. The molecule has 1 rings (SSSR count). The first-order valence-electron chi connectivity index (χ1n) is 7.96. The molecule has 0 spiro atoms. The number of rotatable bonds is 10. The van der Waals surface area contributed by atoms with E-state index in [1.807, 2.05) is 0 Å². The minimum atomic E-state index is -0.306. The Kier molecular flexibility index (Phi) is 8.98. The fourth-order valence-corrected chi connectivity index (χ4v) is 2.25. The number of carbonyl (C=O) groups excluding carboxylic acids is 2. The lowest BCUT2D eigenvalue weighted by atomic mass is 10.1. The van der Waals surface area contributed by atoms with Crippen molar-refractivity contribution in [3.63, 3.8) is 0 Å². The van der Waals surface area contributed by atoms with Gasteiger partial charge in [-0.2, -0.15) is 0 Å². The van der Waals surface area contributed by atoms with Crippen LogP contribution in [0.4, 0.5) is 0 Å². The van der Waals surface area contributed by atoms with E-state index in [4.69, 9.17) is 4.74 Å². The Bertz CT molecular complexity index is 484. The van der Waals surface area contributed by atoms with Gasteiger partial charge in [-0.3, -0.25) is 9.59 Å². The van der Waals surface area contributed by atoms with Crippen molar-refractivity contribution in [3.05, 3.63) is 35.4 Å². The van der Waals surface area contributed by atoms with Crippen molar-refractivity contribution in [3.8, 4) is 0 Å². The first-order chi connectivity index (χ1) is 11.1. The maximum Gasteiger partial charge on any atom is 0.307 e. The van der Waals surface area contributed by atoms with Crippen LogP contribution in [0.25, 0.3) is 0 Å². The summed E-state index contributed by atoms with van der Waals surface area (Å²) in [6.45, 7) is 3.39. The van der Waals surface area contributed by atoms with Crippen molar-refractivity contribution < 1.29 is 19.1 Å². The van der Waals surface area contributed by atoms with E-state index in [2.05, 4.69) is 35.9 Å². The van der Waals surface area contributed by atoms with Crippen LogP contribution in [0.3, 0.4) is 0 Å². The largest absolute Gasteiger partial charge is 0.469 e. The van der Waals surface area contributed by atoms with Crippen LogP contribution in [0, 0.1) is 6.92 Å². The van der Waals surface area contributed by atoms with Gasteiger partial charge in [0.1, 0.15) is 0 Å². The summed E-state index contributed by atoms with van der Waals surface area (Å²) < 4.78 is 9.66. The Labute approximate surface area is 138 Å². The van der Waals surface area contributed by atoms with E-state index in [0.29, 0.717) is 26.1 Å². The van der Waals surface area contributed by atoms with E-state index in [0.717, 1.165) is 12.8 Å². The highest BCUT2D eigenvalue weighted by Crippen LogP contribution is 2.09. The monoisotopic (exact) mass is 321 g/mol. The third-order valence-corrected chi connectivity index (χ3v) is 3.71. The van der Waals surface area contributed by atoms with Gasteiger partial charge in [-0.15, -0.1) is 0 Å². The normalized spacial score (nSPS) is 10.4. The summed E-state index contributed by atoms with van der Waals surface area (Å²) in [5, 5.41) is 0. The number of ether oxygens (including phenoxy) is 2. The Hall–Kier alpha value is -1.88. The summed E-state index contributed by atoms with van der Waals surface area (Å²) in [5.41, 5.74) is 2.47. The van der Waals surface area contributed by atoms with Crippen molar-refractivity contribution in [2.45, 2.75) is 32.6 Å². The lowest BCUT2D eigenvalue weighted by Crippen LogP contribution is -2.35. The highest BCUT2D eigenvalue weighted by molar-refractivity contribution is 5.77. The van der Waals surface area contributed by atoms with Crippen molar-refractivity contribution in [2.75, 3.05) is 33.9 Å². The van der Waals surface area contributed by atoms with E-state index in [-0.39, 0.29) is 18.3 Å². The van der Waals surface area contributed by atoms with Crippen LogP contribution >= 0.6 is 0 Å². The summed E-state index contributed by atoms with van der Waals surface area (Å²) in [5.74, 6) is -0.252. The predicted octanol–water partition coefficient (Wildman–Crippen LogP) is 2.36. The number of esters is 1. The van der Waals surface area contributed by atoms with Crippen molar-refractivity contribution in [1.29, 1.82) is 0 Å². The molecule has 0 heterocycles. The Morgan fingerprint density at radius 3 is 2.35 bits per heavy atom. The van der Waals surface area contributed by atoms with E-state index < -0.39 is 0 Å². The molecule has 0 aliphatic rings. The molecular formula is C18H27NO4. The quantitative estimate of drug-likeness (QED) is 0.621. The second-order valence-corrected chi connectivity index (χ2v) is 5.54. The molecule has 1 aromatic rings. The van der Waals surface area contributed by atoms with Gasteiger partial charge in [0.05, 0.1) is 20.1 Å². The van der Waals surface area contributed by atoms with Gasteiger partial charge in [-0.25, -0.2) is 0 Å². The van der Waals surface area contributed by atoms with Crippen LogP contribution in [-0.2, 0) is 25.5 Å². The Balaban J connectivity index is 2.41. The highest BCUT2D eigenvalue weighted by Gasteiger charge is 2.14. The van der Waals surface area contributed by atoms with Gasteiger partial charge in [-0.1, -0.05) is 29.8 Å². The molecule has 1 amide bonds. The minimum Gasteiger partial charge on any atom is -0.469 e. The molecule has 5 nitrogen and oxygen atoms in total. The average Bonchev–Trinajstić information content (AvgIpc) is 2.56. The third kappa shape index (κ3) is 7.79. The first-order valence-corrected chi connectivity index (χ1v) is 7.96. The van der Waals surface area contributed by atoms with Crippen LogP contribution in [0.2, 0.25) is 0 Å². The molecule has 0 bridgehead atoms. The maximum atomic E-state index is 12.3. The molecule has 0 unspecified atom stereocenters. The SMILES string of the molecule is COCCN(CCC(=O)OC)C(=O)CCCc1ccc(C)cc1. The van der Waals surface area contributed by atoms with Gasteiger partial charge in [0, 0.05) is 26.6 Å². The number of amides is 1. The Morgan fingerprint density at radius 2 is 1.74 bits per heavy atom. The molecule has 0 aromatic heterocycles. The fraction of sp³-hybridized carbons (Fsp3) is 0.556. The minimum absolute atomic E-state index is 0.0538. The summed E-state index contributed by atoms with van der Waals surface area (Å²) in [6, 6.07) is 8.36. The van der Waals surface area contributed by atoms with E-state index in [1.54, 1.807) is 12.0 Å². The molecule has 0 radical (unpaired) electrons. The molecule has 0 aliphatic carbocycles. The maximum absolute atomic E-state index is 12.3. The second kappa shape index (κ2) is 10.8. The number of methoxy groups -OCH3 is 2. The fourth-order valence-electron chi connectivity index (χ4n) is 2.25. The molecule has 0 atom stereocenters. The number of hydrogen-bond donors (Lipinski definition) is 0. The number of nitrogens with zero attached hydrogens (tertiary/aromatic N) is 1. The number of carbonyl (C=O) groups is 2. The molecule has 128 valence electrons. The van der Waals surface area contributed by atoms with Crippen molar-refractivity contribution in [1.82, 2.24) is 4.90 Å². The zero-order chi connectivity index (χ0) is 17.1. The first kappa shape index (κ1) is 19.2. The molecule has 5 heteroatoms. The topological polar surface area (TPSA) is 55.8 Å². The number of hydrogen-bond acceptors (Lipinski definition) is 4. The lowest BCUT2D eigenvalue weighted by molar-refractivity contribution is -0.142. The lowest BCUT2D eigenvalue weighted by Gasteiger charge is -2.22. The molecule has 1 aromatic carbocycles. The van der Waals surface area contributed by atoms with E-state index in [9.17, 15) is 9.59 Å². The molecule has 0 saturated heterocycles. The summed E-state index contributed by atoms with van der Waals surface area (Å²) in [4.78, 5) is 25.2. The van der Waals surface area contributed by atoms with Crippen LogP contribution in [0.15, 0.2) is 24.3 Å². The second-order valence-electron chi connectivity index (χ2n) is 5.54. The molecule has 0 fully saturated rings. The summed E-state index contributed by atoms with van der Waals surface area (Å²) >= 11 is 0. The van der Waals surface area contributed by atoms with Gasteiger partial charge in [0.15, 0.2) is 0 Å². The van der Waals surface area contributed by atoms with Crippen LogP contribution in [0.1, 0.15) is 30.4 Å². The van der Waals surface area contributed by atoms with Crippen molar-refractivity contribution >= 4 is 11.9 Å². The van der Waals surface area contributed by atoms with Crippen molar-refractivity contribution in [2.24, 2.45) is 0 Å². The molecular weight excluding hydrogens is 294 g/mol. The standard InChI is InChI=1S/C18H27NO4/c1-15-7-9-16(10-8-15)5-4-6-17(20)19(13-14-22-2)12-11-18(21)23-3/h7-10H,4-6,11-14H2,1-3H3. The van der Waals surface area contributed by atoms with Gasteiger partial charge < -0.3 is 14.4 Å². The molecule has 0 N–H and O–H groups in total. The Morgan fingerprint density at radius 1 is 1.04 bits per heavy atom. The number of aryl methyl sites for hydroxylation is 2. The van der Waals surface area contributed by atoms with Crippen LogP contribution in [-0.4, -0.2) is 50.7 Å². The van der Waals surface area contributed by atoms with E-state index >= 15 is 0 Å². The van der Waals surface area contributed by atoms with Crippen LogP contribution < -0.4 is 0 Å². The molecule has 0 saturated carbocycles. The highest BCUT2D eigenvalue weighted by atomic mass is 16.5. The third-order valence-electron chi connectivity index (χ3n) is 3.71. The number of benzene rings is 1. The van der Waals surface area contributed by atoms with Crippen LogP contribution in [0.5, 0.6) is 0 Å². The average molecular weight is 321 g/mol. The summed E-state index contributed by atoms with van der Waals surface area (Å²) in [6.07, 6.45) is 2.35. The van der Waals surface area contributed by atoms with Gasteiger partial charge >= 0.3 is 5.97 Å². The predicted molar refractivity (Wildman–Crippen MR) is 89.2 cm³/mol. The van der Waals surface area contributed by atoms with E-state index in [1.165, 1.54) is 18.2 Å². The zero-order valence-corrected chi connectivity index (χ0v) is 14.3. The summed E-state index contributed by atoms with van der Waals surface area (Å²) in [7, 11) is 2.95. The zero-order valence-electron chi connectivity index (χ0n) is 14.3.